The standard InChI is InChI=1S/C30H55N.ClH/c1-3-5-7-8-9-10-11-12-13-14-15-16-17-18-19-20-24-28-31(27-6-4-2)29-30-25-22-21-23-26-30;/h21-23,25-26H,3-20,24,27-29H2,1-2H3;1H. The van der Waals surface area contributed by atoms with Crippen LogP contribution in [-0.2, 0) is 6.54 Å². The lowest BCUT2D eigenvalue weighted by Crippen LogP contribution is -3.10. The van der Waals surface area contributed by atoms with Crippen molar-refractivity contribution in [1.29, 1.82) is 0 Å². The zero-order valence-corrected chi connectivity index (χ0v) is 22.6. The van der Waals surface area contributed by atoms with Crippen LogP contribution < -0.4 is 17.3 Å². The highest BCUT2D eigenvalue weighted by Crippen LogP contribution is 2.13. The minimum atomic E-state index is 0. The van der Waals surface area contributed by atoms with Gasteiger partial charge in [-0.3, -0.25) is 0 Å². The van der Waals surface area contributed by atoms with Gasteiger partial charge in [-0.1, -0.05) is 147 Å². The predicted molar refractivity (Wildman–Crippen MR) is 140 cm³/mol. The van der Waals surface area contributed by atoms with Crippen molar-refractivity contribution in [2.24, 2.45) is 0 Å². The van der Waals surface area contributed by atoms with E-state index in [1.807, 2.05) is 0 Å². The molecule has 0 radical (unpaired) electrons. The molecule has 1 aromatic rings. The molecule has 2 heteroatoms. The van der Waals surface area contributed by atoms with E-state index in [1.54, 1.807) is 4.90 Å². The largest absolute Gasteiger partial charge is 1.00 e. The van der Waals surface area contributed by atoms with E-state index in [2.05, 4.69) is 44.2 Å². The summed E-state index contributed by atoms with van der Waals surface area (Å²) in [5.41, 5.74) is 1.50. The SMILES string of the molecule is CCCCCCCCCCCCCCCCCCC[NH+](CCCC)Cc1ccccc1.[Cl-]. The second-order valence-electron chi connectivity index (χ2n) is 9.92. The molecule has 1 nitrogen and oxygen atoms in total. The molecule has 0 spiro atoms. The Morgan fingerprint density at radius 1 is 0.469 bits per heavy atom. The van der Waals surface area contributed by atoms with Crippen molar-refractivity contribution in [2.45, 2.75) is 142 Å². The van der Waals surface area contributed by atoms with Gasteiger partial charge in [-0.15, -0.1) is 0 Å². The van der Waals surface area contributed by atoms with Gasteiger partial charge in [0.2, 0.25) is 0 Å². The summed E-state index contributed by atoms with van der Waals surface area (Å²) < 4.78 is 0. The van der Waals surface area contributed by atoms with Gasteiger partial charge >= 0.3 is 0 Å². The van der Waals surface area contributed by atoms with Crippen LogP contribution in [0.3, 0.4) is 0 Å². The quantitative estimate of drug-likeness (QED) is 0.203. The van der Waals surface area contributed by atoms with Crippen LogP contribution in [0.1, 0.15) is 141 Å². The molecule has 1 unspecified atom stereocenters. The number of halogens is 1. The van der Waals surface area contributed by atoms with Gasteiger partial charge < -0.3 is 17.3 Å². The van der Waals surface area contributed by atoms with Crippen LogP contribution in [0.4, 0.5) is 0 Å². The van der Waals surface area contributed by atoms with Gasteiger partial charge in [0.25, 0.3) is 0 Å². The third-order valence-electron chi connectivity index (χ3n) is 6.81. The Labute approximate surface area is 208 Å². The summed E-state index contributed by atoms with van der Waals surface area (Å²) >= 11 is 0. The van der Waals surface area contributed by atoms with Crippen molar-refractivity contribution in [3.8, 4) is 0 Å². The normalized spacial score (nSPS) is 11.9. The Kier molecular flexibility index (Phi) is 24.7. The van der Waals surface area contributed by atoms with Crippen molar-refractivity contribution < 1.29 is 17.3 Å². The minimum Gasteiger partial charge on any atom is -1.00 e. The van der Waals surface area contributed by atoms with Gasteiger partial charge in [-0.05, 0) is 19.3 Å². The number of nitrogens with one attached hydrogen (secondary N) is 1. The maximum atomic E-state index is 2.32. The van der Waals surface area contributed by atoms with E-state index in [-0.39, 0.29) is 12.4 Å². The topological polar surface area (TPSA) is 4.44 Å². The molecule has 0 aliphatic heterocycles. The third kappa shape index (κ3) is 20.1. The highest BCUT2D eigenvalue weighted by molar-refractivity contribution is 5.13. The van der Waals surface area contributed by atoms with E-state index in [4.69, 9.17) is 0 Å². The lowest BCUT2D eigenvalue weighted by atomic mass is 10.0. The van der Waals surface area contributed by atoms with Crippen LogP contribution in [-0.4, -0.2) is 13.1 Å². The molecule has 0 aliphatic rings. The average Bonchev–Trinajstić information content (AvgIpc) is 2.80. The molecular weight excluding hydrogens is 410 g/mol. The number of quaternary nitrogens is 1. The molecule has 32 heavy (non-hydrogen) atoms. The first-order valence-corrected chi connectivity index (χ1v) is 14.2. The summed E-state index contributed by atoms with van der Waals surface area (Å²) in [7, 11) is 0. The highest BCUT2D eigenvalue weighted by Gasteiger charge is 2.08. The second-order valence-corrected chi connectivity index (χ2v) is 9.92. The summed E-state index contributed by atoms with van der Waals surface area (Å²) in [6.07, 6.45) is 27.4. The van der Waals surface area contributed by atoms with Crippen LogP contribution in [0.2, 0.25) is 0 Å². The summed E-state index contributed by atoms with van der Waals surface area (Å²) in [5, 5.41) is 0. The predicted octanol–water partition coefficient (Wildman–Crippen LogP) is 5.53. The van der Waals surface area contributed by atoms with Gasteiger partial charge in [0.15, 0.2) is 0 Å². The summed E-state index contributed by atoms with van der Waals surface area (Å²) in [6, 6.07) is 11.1. The molecule has 0 bridgehead atoms. The van der Waals surface area contributed by atoms with Gasteiger partial charge in [0, 0.05) is 5.56 Å². The molecule has 1 N–H and O–H groups in total. The van der Waals surface area contributed by atoms with E-state index in [0.29, 0.717) is 0 Å². The van der Waals surface area contributed by atoms with Gasteiger partial charge in [0.1, 0.15) is 6.54 Å². The van der Waals surface area contributed by atoms with Crippen LogP contribution in [0, 0.1) is 0 Å². The first kappa shape index (κ1) is 31.5. The number of hydrogen-bond donors (Lipinski definition) is 1. The van der Waals surface area contributed by atoms with Crippen LogP contribution in [0.15, 0.2) is 30.3 Å². The molecule has 0 amide bonds. The molecule has 0 saturated heterocycles. The Balaban J connectivity index is 0.00000961. The summed E-state index contributed by atoms with van der Waals surface area (Å²) in [4.78, 5) is 1.79. The van der Waals surface area contributed by atoms with E-state index in [9.17, 15) is 0 Å². The molecule has 0 aliphatic carbocycles. The Hall–Kier alpha value is -0.530. The Bertz CT molecular complexity index is 461. The molecule has 1 rings (SSSR count). The van der Waals surface area contributed by atoms with E-state index >= 15 is 0 Å². The summed E-state index contributed by atoms with van der Waals surface area (Å²) in [6.45, 7) is 8.52. The molecule has 1 aromatic carbocycles. The maximum Gasteiger partial charge on any atom is 0.103 e. The number of rotatable bonds is 23. The first-order valence-electron chi connectivity index (χ1n) is 14.2. The number of hydrogen-bond acceptors (Lipinski definition) is 0. The second kappa shape index (κ2) is 25.1. The van der Waals surface area contributed by atoms with E-state index in [1.165, 1.54) is 147 Å². The fourth-order valence-corrected chi connectivity index (χ4v) is 4.71. The highest BCUT2D eigenvalue weighted by atomic mass is 35.5. The molecule has 0 aromatic heterocycles. The number of unbranched alkanes of at least 4 members (excludes halogenated alkanes) is 17. The Morgan fingerprint density at radius 3 is 1.28 bits per heavy atom. The van der Waals surface area contributed by atoms with Crippen molar-refractivity contribution in [3.63, 3.8) is 0 Å². The fourth-order valence-electron chi connectivity index (χ4n) is 4.71. The van der Waals surface area contributed by atoms with Crippen molar-refractivity contribution in [1.82, 2.24) is 0 Å². The third-order valence-corrected chi connectivity index (χ3v) is 6.81. The Morgan fingerprint density at radius 2 is 0.844 bits per heavy atom. The zero-order chi connectivity index (χ0) is 22.2. The molecular formula is C30H56ClN. The molecule has 0 heterocycles. The molecule has 0 fully saturated rings. The van der Waals surface area contributed by atoms with Crippen molar-refractivity contribution in [2.75, 3.05) is 13.1 Å². The van der Waals surface area contributed by atoms with E-state index in [0.717, 1.165) is 0 Å². The smallest absolute Gasteiger partial charge is 0.103 e. The van der Waals surface area contributed by atoms with Crippen molar-refractivity contribution >= 4 is 0 Å². The van der Waals surface area contributed by atoms with E-state index < -0.39 is 0 Å². The molecule has 0 saturated carbocycles. The molecule has 1 atom stereocenters. The van der Waals surface area contributed by atoms with Crippen molar-refractivity contribution in [3.05, 3.63) is 35.9 Å². The van der Waals surface area contributed by atoms with Gasteiger partial charge in [-0.25, -0.2) is 0 Å². The summed E-state index contributed by atoms with van der Waals surface area (Å²) in [5.74, 6) is 0. The van der Waals surface area contributed by atoms with Crippen LogP contribution in [0.25, 0.3) is 0 Å². The first-order chi connectivity index (χ1) is 15.4. The zero-order valence-electron chi connectivity index (χ0n) is 21.8. The average molecular weight is 466 g/mol. The fraction of sp³-hybridized carbons (Fsp3) is 0.800. The maximum absolute atomic E-state index is 2.32. The number of benzene rings is 1. The van der Waals surface area contributed by atoms with Crippen LogP contribution in [0.5, 0.6) is 0 Å². The lowest BCUT2D eigenvalue weighted by Gasteiger charge is -2.19. The molecule has 188 valence electrons. The monoisotopic (exact) mass is 465 g/mol. The van der Waals surface area contributed by atoms with Gasteiger partial charge in [0.05, 0.1) is 13.1 Å². The van der Waals surface area contributed by atoms with Crippen LogP contribution >= 0.6 is 0 Å². The van der Waals surface area contributed by atoms with Gasteiger partial charge in [-0.2, -0.15) is 0 Å². The lowest BCUT2D eigenvalue weighted by molar-refractivity contribution is -0.914. The minimum absolute atomic E-state index is 0.